The van der Waals surface area contributed by atoms with Gasteiger partial charge in [0.25, 0.3) is 0 Å². The van der Waals surface area contributed by atoms with Gasteiger partial charge < -0.3 is 15.4 Å². The van der Waals surface area contributed by atoms with Gasteiger partial charge in [-0.25, -0.2) is 9.97 Å². The largest absolute Gasteiger partial charge is 0.493 e. The van der Waals surface area contributed by atoms with Gasteiger partial charge in [-0.15, -0.1) is 0 Å². The summed E-state index contributed by atoms with van der Waals surface area (Å²) in [5.41, 5.74) is 3.36. The Hall–Kier alpha value is -3.90. The first-order valence-electron chi connectivity index (χ1n) is 10.5. The summed E-state index contributed by atoms with van der Waals surface area (Å²) in [6.07, 6.45) is 0.228. The molecule has 2 N–H and O–H groups in total. The summed E-state index contributed by atoms with van der Waals surface area (Å²) in [7, 11) is 0. The minimum atomic E-state index is -0.134. The minimum Gasteiger partial charge on any atom is -0.493 e. The molecule has 0 radical (unpaired) electrons. The van der Waals surface area contributed by atoms with Crippen LogP contribution >= 0.6 is 11.6 Å². The molecule has 1 amide bonds. The molecule has 1 heterocycles. The van der Waals surface area contributed by atoms with Gasteiger partial charge in [0.15, 0.2) is 0 Å². The van der Waals surface area contributed by atoms with Crippen LogP contribution in [0.1, 0.15) is 12.2 Å². The third-order valence-corrected chi connectivity index (χ3v) is 4.99. The van der Waals surface area contributed by atoms with E-state index in [9.17, 15) is 4.79 Å². The van der Waals surface area contributed by atoms with Crippen LogP contribution in [0.2, 0.25) is 5.02 Å². The molecular formula is C26H23ClN4O2. The molecule has 0 spiro atoms. The molecule has 0 bridgehead atoms. The number of halogens is 1. The van der Waals surface area contributed by atoms with Crippen LogP contribution in [-0.4, -0.2) is 22.5 Å². The van der Waals surface area contributed by atoms with E-state index < -0.39 is 0 Å². The number of rotatable bonds is 8. The predicted molar refractivity (Wildman–Crippen MR) is 132 cm³/mol. The van der Waals surface area contributed by atoms with E-state index in [2.05, 4.69) is 20.6 Å². The smallest absolute Gasteiger partial charge is 0.227 e. The van der Waals surface area contributed by atoms with Crippen molar-refractivity contribution in [2.24, 2.45) is 0 Å². The zero-order valence-corrected chi connectivity index (χ0v) is 18.8. The molecule has 0 saturated heterocycles. The van der Waals surface area contributed by atoms with Crippen LogP contribution in [0.15, 0.2) is 84.9 Å². The van der Waals surface area contributed by atoms with Crippen molar-refractivity contribution in [3.8, 4) is 17.0 Å². The average Bonchev–Trinajstić information content (AvgIpc) is 2.81. The number of ether oxygens (including phenoxy) is 1. The number of benzene rings is 3. The first-order valence-corrected chi connectivity index (χ1v) is 10.9. The number of nitrogens with zero attached hydrogens (tertiary/aromatic N) is 2. The Morgan fingerprint density at radius 1 is 0.909 bits per heavy atom. The van der Waals surface area contributed by atoms with Gasteiger partial charge >= 0.3 is 0 Å². The molecule has 7 heteroatoms. The predicted octanol–water partition coefficient (Wildman–Crippen LogP) is 6.26. The van der Waals surface area contributed by atoms with Crippen LogP contribution in [0.5, 0.6) is 5.75 Å². The standard InChI is InChI=1S/C26H23ClN4O2/c1-18-28-24(19-6-3-2-4-7-19)17-25(29-18)30-21-8-5-9-22(16-21)31-26(32)14-15-33-23-12-10-20(27)11-13-23/h2-13,16-17H,14-15H2,1H3,(H,31,32)(H,28,29,30). The summed E-state index contributed by atoms with van der Waals surface area (Å²) in [6, 6.07) is 26.4. The fraction of sp³-hybridized carbons (Fsp3) is 0.115. The number of anilines is 3. The van der Waals surface area contributed by atoms with Crippen molar-refractivity contribution in [1.82, 2.24) is 9.97 Å². The molecule has 3 aromatic carbocycles. The quantitative estimate of drug-likeness (QED) is 0.326. The molecule has 0 fully saturated rings. The van der Waals surface area contributed by atoms with Crippen LogP contribution < -0.4 is 15.4 Å². The van der Waals surface area contributed by atoms with Gasteiger partial charge in [0.1, 0.15) is 17.4 Å². The van der Waals surface area contributed by atoms with Crippen molar-refractivity contribution in [3.05, 3.63) is 95.8 Å². The van der Waals surface area contributed by atoms with E-state index in [0.29, 0.717) is 28.1 Å². The van der Waals surface area contributed by atoms with Crippen molar-refractivity contribution < 1.29 is 9.53 Å². The third-order valence-electron chi connectivity index (χ3n) is 4.74. The monoisotopic (exact) mass is 458 g/mol. The Kier molecular flexibility index (Phi) is 7.17. The van der Waals surface area contributed by atoms with E-state index in [1.165, 1.54) is 0 Å². The summed E-state index contributed by atoms with van der Waals surface area (Å²) in [5, 5.41) is 6.84. The number of aryl methyl sites for hydroxylation is 1. The van der Waals surface area contributed by atoms with E-state index in [-0.39, 0.29) is 18.9 Å². The van der Waals surface area contributed by atoms with Crippen LogP contribution in [0.3, 0.4) is 0 Å². The van der Waals surface area contributed by atoms with E-state index in [0.717, 1.165) is 16.9 Å². The van der Waals surface area contributed by atoms with Gasteiger partial charge in [0.05, 0.1) is 18.7 Å². The summed E-state index contributed by atoms with van der Waals surface area (Å²) in [4.78, 5) is 21.3. The normalized spacial score (nSPS) is 10.5. The minimum absolute atomic E-state index is 0.134. The topological polar surface area (TPSA) is 76.1 Å². The molecule has 4 rings (SSSR count). The molecule has 0 aliphatic carbocycles. The molecule has 0 aliphatic heterocycles. The van der Waals surface area contributed by atoms with Crippen LogP contribution in [0.25, 0.3) is 11.3 Å². The first-order chi connectivity index (χ1) is 16.0. The number of amides is 1. The van der Waals surface area contributed by atoms with Gasteiger partial charge in [0, 0.05) is 28.0 Å². The number of nitrogens with one attached hydrogen (secondary N) is 2. The third kappa shape index (κ3) is 6.54. The molecule has 6 nitrogen and oxygen atoms in total. The Balaban J connectivity index is 1.36. The lowest BCUT2D eigenvalue weighted by molar-refractivity contribution is -0.116. The highest BCUT2D eigenvalue weighted by Crippen LogP contribution is 2.23. The number of carbonyl (C=O) groups excluding carboxylic acids is 1. The maximum atomic E-state index is 12.3. The maximum Gasteiger partial charge on any atom is 0.227 e. The zero-order chi connectivity index (χ0) is 23.0. The first kappa shape index (κ1) is 22.3. The van der Waals surface area contributed by atoms with Gasteiger partial charge in [-0.2, -0.15) is 0 Å². The molecule has 33 heavy (non-hydrogen) atoms. The zero-order valence-electron chi connectivity index (χ0n) is 18.1. The van der Waals surface area contributed by atoms with Gasteiger partial charge in [-0.1, -0.05) is 48.0 Å². The lowest BCUT2D eigenvalue weighted by Crippen LogP contribution is -2.15. The summed E-state index contributed by atoms with van der Waals surface area (Å²) in [5.74, 6) is 1.89. The molecule has 0 saturated carbocycles. The Morgan fingerprint density at radius 3 is 2.45 bits per heavy atom. The number of hydrogen-bond donors (Lipinski definition) is 2. The molecular weight excluding hydrogens is 436 g/mol. The highest BCUT2D eigenvalue weighted by atomic mass is 35.5. The van der Waals surface area contributed by atoms with E-state index in [1.54, 1.807) is 24.3 Å². The SMILES string of the molecule is Cc1nc(Nc2cccc(NC(=O)CCOc3ccc(Cl)cc3)c2)cc(-c2ccccc2)n1. The molecule has 4 aromatic rings. The number of carbonyl (C=O) groups is 1. The maximum absolute atomic E-state index is 12.3. The van der Waals surface area contributed by atoms with Crippen molar-refractivity contribution in [2.75, 3.05) is 17.2 Å². The molecule has 0 unspecified atom stereocenters. The van der Waals surface area contributed by atoms with Crippen LogP contribution in [0, 0.1) is 6.92 Å². The summed E-state index contributed by atoms with van der Waals surface area (Å²) >= 11 is 5.86. The second kappa shape index (κ2) is 10.6. The van der Waals surface area contributed by atoms with Crippen molar-refractivity contribution >= 4 is 34.7 Å². The Morgan fingerprint density at radius 2 is 1.67 bits per heavy atom. The van der Waals surface area contributed by atoms with E-state index >= 15 is 0 Å². The van der Waals surface area contributed by atoms with Gasteiger partial charge in [0.2, 0.25) is 5.91 Å². The second-order valence-corrected chi connectivity index (χ2v) is 7.79. The van der Waals surface area contributed by atoms with Gasteiger partial charge in [-0.3, -0.25) is 4.79 Å². The van der Waals surface area contributed by atoms with Crippen molar-refractivity contribution in [2.45, 2.75) is 13.3 Å². The van der Waals surface area contributed by atoms with Crippen molar-refractivity contribution in [3.63, 3.8) is 0 Å². The Labute approximate surface area is 197 Å². The Bertz CT molecular complexity index is 1230. The lowest BCUT2D eigenvalue weighted by atomic mass is 10.1. The second-order valence-electron chi connectivity index (χ2n) is 7.36. The summed E-state index contributed by atoms with van der Waals surface area (Å²) in [6.45, 7) is 2.13. The lowest BCUT2D eigenvalue weighted by Gasteiger charge is -2.11. The number of hydrogen-bond acceptors (Lipinski definition) is 5. The average molecular weight is 459 g/mol. The van der Waals surface area contributed by atoms with Crippen LogP contribution in [0.4, 0.5) is 17.2 Å². The molecule has 166 valence electrons. The van der Waals surface area contributed by atoms with Crippen molar-refractivity contribution in [1.29, 1.82) is 0 Å². The molecule has 0 atom stereocenters. The highest BCUT2D eigenvalue weighted by molar-refractivity contribution is 6.30. The van der Waals surface area contributed by atoms with E-state index in [1.807, 2.05) is 67.6 Å². The number of aromatic nitrogens is 2. The molecule has 1 aromatic heterocycles. The van der Waals surface area contributed by atoms with Crippen LogP contribution in [-0.2, 0) is 4.79 Å². The fourth-order valence-electron chi connectivity index (χ4n) is 3.23. The summed E-state index contributed by atoms with van der Waals surface area (Å²) < 4.78 is 5.58. The fourth-order valence-corrected chi connectivity index (χ4v) is 3.35. The van der Waals surface area contributed by atoms with Gasteiger partial charge in [-0.05, 0) is 49.4 Å². The van der Waals surface area contributed by atoms with E-state index in [4.69, 9.17) is 16.3 Å². The highest BCUT2D eigenvalue weighted by Gasteiger charge is 2.07. The molecule has 0 aliphatic rings.